The van der Waals surface area contributed by atoms with Crippen molar-refractivity contribution in [3.8, 4) is 0 Å². The van der Waals surface area contributed by atoms with E-state index in [9.17, 15) is 0 Å². The van der Waals surface area contributed by atoms with E-state index in [2.05, 4.69) is 31.6 Å². The molecule has 0 aliphatic carbocycles. The number of rotatable bonds is 2. The van der Waals surface area contributed by atoms with Gasteiger partial charge in [0.05, 0.1) is 5.69 Å². The van der Waals surface area contributed by atoms with Crippen molar-refractivity contribution in [3.05, 3.63) is 35.4 Å². The largest absolute Gasteiger partial charge is 0.381 e. The van der Waals surface area contributed by atoms with E-state index in [-0.39, 0.29) is 6.17 Å². The Bertz CT molecular complexity index is 669. The predicted octanol–water partition coefficient (Wildman–Crippen LogP) is 1.15. The summed E-state index contributed by atoms with van der Waals surface area (Å²) in [6.07, 6.45) is 7.01. The molecule has 0 amide bonds. The molecule has 7 nitrogen and oxygen atoms in total. The second-order valence-corrected chi connectivity index (χ2v) is 6.25. The number of hydrogen-bond acceptors (Lipinski definition) is 6. The lowest BCUT2D eigenvalue weighted by Gasteiger charge is -2.45. The molecule has 0 saturated carbocycles. The van der Waals surface area contributed by atoms with E-state index in [1.54, 1.807) is 6.20 Å². The zero-order chi connectivity index (χ0) is 15.8. The molecular formula is C16H22N6O. The van der Waals surface area contributed by atoms with Gasteiger partial charge in [-0.2, -0.15) is 5.10 Å². The second kappa shape index (κ2) is 5.73. The Morgan fingerprint density at radius 3 is 2.91 bits per heavy atom. The van der Waals surface area contributed by atoms with Crippen molar-refractivity contribution in [2.45, 2.75) is 38.4 Å². The number of nitrogens with two attached hydrogens (primary N) is 1. The van der Waals surface area contributed by atoms with E-state index in [1.165, 1.54) is 11.1 Å². The third kappa shape index (κ3) is 2.61. The molecule has 0 radical (unpaired) electrons. The molecule has 1 atom stereocenters. The maximum Gasteiger partial charge on any atom is 0.195 e. The highest BCUT2D eigenvalue weighted by molar-refractivity contribution is 5.82. The molecule has 4 heterocycles. The number of aliphatic imine (C=N–C) groups is 1. The van der Waals surface area contributed by atoms with Crippen LogP contribution in [0.15, 0.2) is 34.7 Å². The van der Waals surface area contributed by atoms with Gasteiger partial charge in [-0.25, -0.2) is 4.99 Å². The lowest BCUT2D eigenvalue weighted by molar-refractivity contribution is 0.0381. The van der Waals surface area contributed by atoms with Crippen LogP contribution in [0, 0.1) is 0 Å². The van der Waals surface area contributed by atoms with Gasteiger partial charge in [0.15, 0.2) is 5.96 Å². The van der Waals surface area contributed by atoms with Crippen molar-refractivity contribution in [2.24, 2.45) is 10.7 Å². The van der Waals surface area contributed by atoms with Gasteiger partial charge in [0, 0.05) is 43.8 Å². The first-order chi connectivity index (χ1) is 11.2. The van der Waals surface area contributed by atoms with E-state index >= 15 is 0 Å². The van der Waals surface area contributed by atoms with Crippen LogP contribution in [-0.2, 0) is 4.74 Å². The number of aromatic amines is 1. The first-order valence-electron chi connectivity index (χ1n) is 8.08. The molecular weight excluding hydrogens is 292 g/mol. The van der Waals surface area contributed by atoms with Crippen LogP contribution in [0.5, 0.6) is 0 Å². The van der Waals surface area contributed by atoms with Crippen molar-refractivity contribution in [1.82, 2.24) is 20.4 Å². The molecule has 1 aromatic rings. The van der Waals surface area contributed by atoms with Gasteiger partial charge in [0.25, 0.3) is 0 Å². The van der Waals surface area contributed by atoms with Gasteiger partial charge in [-0.1, -0.05) is 0 Å². The molecule has 7 heteroatoms. The molecule has 0 spiro atoms. The Morgan fingerprint density at radius 1 is 1.35 bits per heavy atom. The van der Waals surface area contributed by atoms with Gasteiger partial charge in [0.1, 0.15) is 6.17 Å². The minimum atomic E-state index is 0.0854. The second-order valence-electron chi connectivity index (χ2n) is 6.25. The molecule has 3 aliphatic heterocycles. The van der Waals surface area contributed by atoms with E-state index < -0.39 is 0 Å². The number of guanidine groups is 1. The fraction of sp³-hybridized carbons (Fsp3) is 0.500. The number of H-pyrrole nitrogens is 1. The zero-order valence-corrected chi connectivity index (χ0v) is 13.2. The maximum absolute atomic E-state index is 5.97. The Balaban J connectivity index is 1.74. The van der Waals surface area contributed by atoms with Crippen molar-refractivity contribution in [2.75, 3.05) is 13.2 Å². The van der Waals surface area contributed by atoms with Crippen LogP contribution in [0.2, 0.25) is 0 Å². The fourth-order valence-electron chi connectivity index (χ4n) is 3.59. The minimum Gasteiger partial charge on any atom is -0.381 e. The van der Waals surface area contributed by atoms with E-state index in [4.69, 9.17) is 10.5 Å². The predicted molar refractivity (Wildman–Crippen MR) is 88.1 cm³/mol. The highest BCUT2D eigenvalue weighted by atomic mass is 16.5. The van der Waals surface area contributed by atoms with E-state index in [1.807, 2.05) is 13.0 Å². The summed E-state index contributed by atoms with van der Waals surface area (Å²) >= 11 is 0. The van der Waals surface area contributed by atoms with Crippen molar-refractivity contribution >= 4 is 11.5 Å². The number of fused-ring (bicyclic) bond motifs is 1. The molecule has 1 unspecified atom stereocenters. The summed E-state index contributed by atoms with van der Waals surface area (Å²) in [5.41, 5.74) is 10.5. The normalized spacial score (nSPS) is 25.6. The quantitative estimate of drug-likeness (QED) is 0.762. The fourth-order valence-corrected chi connectivity index (χ4v) is 3.59. The Kier molecular flexibility index (Phi) is 3.57. The van der Waals surface area contributed by atoms with Gasteiger partial charge in [-0.3, -0.25) is 5.10 Å². The molecule has 1 saturated heterocycles. The lowest BCUT2D eigenvalue weighted by atomic mass is 9.92. The first kappa shape index (κ1) is 14.3. The van der Waals surface area contributed by atoms with Gasteiger partial charge in [-0.15, -0.1) is 0 Å². The average Bonchev–Trinajstić information content (AvgIpc) is 3.09. The molecule has 1 fully saturated rings. The van der Waals surface area contributed by atoms with Crippen molar-refractivity contribution in [3.63, 3.8) is 0 Å². The number of ether oxygens (including phenoxy) is 1. The highest BCUT2D eigenvalue weighted by Crippen LogP contribution is 2.36. The molecule has 122 valence electrons. The van der Waals surface area contributed by atoms with Crippen molar-refractivity contribution in [1.29, 1.82) is 0 Å². The molecule has 23 heavy (non-hydrogen) atoms. The van der Waals surface area contributed by atoms with Crippen LogP contribution >= 0.6 is 0 Å². The molecule has 0 bridgehead atoms. The third-order valence-electron chi connectivity index (χ3n) is 4.81. The van der Waals surface area contributed by atoms with Gasteiger partial charge in [0.2, 0.25) is 0 Å². The monoisotopic (exact) mass is 314 g/mol. The molecule has 1 aromatic heterocycles. The molecule has 4 rings (SSSR count). The number of nitrogens with one attached hydrogen (secondary N) is 2. The van der Waals surface area contributed by atoms with Gasteiger partial charge >= 0.3 is 0 Å². The Morgan fingerprint density at radius 2 is 2.17 bits per heavy atom. The molecule has 0 aromatic carbocycles. The Labute approximate surface area is 135 Å². The summed E-state index contributed by atoms with van der Waals surface area (Å²) < 4.78 is 5.52. The maximum atomic E-state index is 5.97. The summed E-state index contributed by atoms with van der Waals surface area (Å²) in [5, 5.41) is 10.5. The number of allylic oxidation sites excluding steroid dienone is 2. The van der Waals surface area contributed by atoms with Gasteiger partial charge in [-0.05, 0) is 37.0 Å². The minimum absolute atomic E-state index is 0.0854. The lowest BCUT2D eigenvalue weighted by Crippen LogP contribution is -2.56. The van der Waals surface area contributed by atoms with E-state index in [0.29, 0.717) is 12.0 Å². The highest BCUT2D eigenvalue weighted by Gasteiger charge is 2.35. The standard InChI is InChI=1S/C16H22N6O/c1-10-13-8-11(14-2-5-18-21-14)9-22(12-3-6-23-7-4-12)15(13)20-16(17)19-10/h2,5,9,12,15H,3-4,6-8H2,1H3,(H,18,21)(H3,17,19,20). The summed E-state index contributed by atoms with van der Waals surface area (Å²) in [4.78, 5) is 6.81. The number of aromatic nitrogens is 2. The number of hydrogen-bond donors (Lipinski definition) is 3. The van der Waals surface area contributed by atoms with Crippen LogP contribution < -0.4 is 11.1 Å². The Hall–Kier alpha value is -2.28. The van der Waals surface area contributed by atoms with Crippen LogP contribution in [-0.4, -0.2) is 46.5 Å². The summed E-state index contributed by atoms with van der Waals surface area (Å²) in [7, 11) is 0. The first-order valence-corrected chi connectivity index (χ1v) is 8.08. The van der Waals surface area contributed by atoms with Crippen LogP contribution in [0.3, 0.4) is 0 Å². The average molecular weight is 314 g/mol. The van der Waals surface area contributed by atoms with E-state index in [0.717, 1.165) is 43.9 Å². The summed E-state index contributed by atoms with van der Waals surface area (Å²) in [6.45, 7) is 3.65. The molecule has 4 N–H and O–H groups in total. The summed E-state index contributed by atoms with van der Waals surface area (Å²) in [6, 6.07) is 2.45. The molecule has 3 aliphatic rings. The van der Waals surface area contributed by atoms with Crippen LogP contribution in [0.25, 0.3) is 5.57 Å². The van der Waals surface area contributed by atoms with Gasteiger partial charge < -0.3 is 20.7 Å². The van der Waals surface area contributed by atoms with Crippen LogP contribution in [0.1, 0.15) is 31.9 Å². The third-order valence-corrected chi connectivity index (χ3v) is 4.81. The van der Waals surface area contributed by atoms with Crippen molar-refractivity contribution < 1.29 is 4.74 Å². The zero-order valence-electron chi connectivity index (χ0n) is 13.2. The smallest absolute Gasteiger partial charge is 0.195 e. The topological polar surface area (TPSA) is 91.6 Å². The number of nitrogens with zero attached hydrogens (tertiary/aromatic N) is 3. The summed E-state index contributed by atoms with van der Waals surface area (Å²) in [5.74, 6) is 0.492. The SMILES string of the molecule is CC1=C2CC(c3ccn[nH]3)=CN(C3CCOCC3)C2NC(N)=N1. The van der Waals surface area contributed by atoms with Crippen LogP contribution in [0.4, 0.5) is 0 Å².